The second-order valence-electron chi connectivity index (χ2n) is 5.19. The molecule has 0 aliphatic rings. The molecule has 2 aromatic carbocycles. The standard InChI is InChI=1S/C18H20N2O2/c1-21-17-8-7-12(9-18(17)22-2)14(10-19)15-11-20-16-6-4-3-5-13(15)16/h3-9,11,14,20H,10,19H2,1-2H3/t14-/m1/s1. The van der Waals surface area contributed by atoms with Crippen LogP contribution in [0.3, 0.4) is 0 Å². The smallest absolute Gasteiger partial charge is 0.161 e. The number of hydrogen-bond donors (Lipinski definition) is 2. The summed E-state index contributed by atoms with van der Waals surface area (Å²) in [5.41, 5.74) is 9.50. The number of aromatic nitrogens is 1. The van der Waals surface area contributed by atoms with Gasteiger partial charge in [0.25, 0.3) is 0 Å². The predicted molar refractivity (Wildman–Crippen MR) is 88.7 cm³/mol. The number of aromatic amines is 1. The van der Waals surface area contributed by atoms with Gasteiger partial charge in [0.2, 0.25) is 0 Å². The Morgan fingerprint density at radius 2 is 1.82 bits per heavy atom. The third-order valence-corrected chi connectivity index (χ3v) is 4.04. The molecule has 3 aromatic rings. The predicted octanol–water partition coefficient (Wildman–Crippen LogP) is 3.28. The lowest BCUT2D eigenvalue weighted by atomic mass is 9.91. The molecule has 22 heavy (non-hydrogen) atoms. The van der Waals surface area contributed by atoms with E-state index in [2.05, 4.69) is 17.1 Å². The van der Waals surface area contributed by atoms with Crippen molar-refractivity contribution in [2.45, 2.75) is 5.92 Å². The molecule has 0 unspecified atom stereocenters. The van der Waals surface area contributed by atoms with Crippen molar-refractivity contribution in [2.24, 2.45) is 5.73 Å². The molecule has 0 saturated carbocycles. The molecule has 3 N–H and O–H groups in total. The average molecular weight is 296 g/mol. The molecule has 0 spiro atoms. The van der Waals surface area contributed by atoms with Gasteiger partial charge >= 0.3 is 0 Å². The monoisotopic (exact) mass is 296 g/mol. The van der Waals surface area contributed by atoms with Crippen LogP contribution in [0.2, 0.25) is 0 Å². The van der Waals surface area contributed by atoms with E-state index in [0.717, 1.165) is 22.6 Å². The normalized spacial score (nSPS) is 12.3. The van der Waals surface area contributed by atoms with Gasteiger partial charge in [-0.25, -0.2) is 0 Å². The van der Waals surface area contributed by atoms with Crippen LogP contribution in [0.4, 0.5) is 0 Å². The van der Waals surface area contributed by atoms with Crippen molar-refractivity contribution in [3.8, 4) is 11.5 Å². The zero-order valence-electron chi connectivity index (χ0n) is 12.8. The number of fused-ring (bicyclic) bond motifs is 1. The van der Waals surface area contributed by atoms with Gasteiger partial charge in [-0.15, -0.1) is 0 Å². The minimum absolute atomic E-state index is 0.107. The van der Waals surface area contributed by atoms with E-state index in [0.29, 0.717) is 6.54 Å². The highest BCUT2D eigenvalue weighted by atomic mass is 16.5. The maximum atomic E-state index is 6.06. The molecule has 0 aliphatic heterocycles. The molecule has 4 heteroatoms. The van der Waals surface area contributed by atoms with E-state index in [1.807, 2.05) is 36.5 Å². The molecular formula is C18H20N2O2. The SMILES string of the molecule is COc1ccc([C@@H](CN)c2c[nH]c3ccccc23)cc1OC. The third-order valence-electron chi connectivity index (χ3n) is 4.04. The van der Waals surface area contributed by atoms with Crippen LogP contribution in [0.1, 0.15) is 17.0 Å². The summed E-state index contributed by atoms with van der Waals surface area (Å²) in [5.74, 6) is 1.55. The Morgan fingerprint density at radius 3 is 2.55 bits per heavy atom. The quantitative estimate of drug-likeness (QED) is 0.759. The van der Waals surface area contributed by atoms with E-state index >= 15 is 0 Å². The molecule has 1 aromatic heterocycles. The van der Waals surface area contributed by atoms with Crippen molar-refractivity contribution in [1.29, 1.82) is 0 Å². The first-order valence-corrected chi connectivity index (χ1v) is 7.26. The number of rotatable bonds is 5. The average Bonchev–Trinajstić information content (AvgIpc) is 2.99. The topological polar surface area (TPSA) is 60.3 Å². The number of H-pyrrole nitrogens is 1. The summed E-state index contributed by atoms with van der Waals surface area (Å²) in [6.07, 6.45) is 2.04. The van der Waals surface area contributed by atoms with Gasteiger partial charge in [-0.3, -0.25) is 0 Å². The Balaban J connectivity index is 2.08. The van der Waals surface area contributed by atoms with E-state index in [9.17, 15) is 0 Å². The van der Waals surface area contributed by atoms with Crippen molar-refractivity contribution in [3.05, 3.63) is 59.8 Å². The lowest BCUT2D eigenvalue weighted by molar-refractivity contribution is 0.354. The van der Waals surface area contributed by atoms with Crippen LogP contribution in [0, 0.1) is 0 Å². The van der Waals surface area contributed by atoms with Gasteiger partial charge in [0.15, 0.2) is 11.5 Å². The first kappa shape index (κ1) is 14.5. The molecule has 0 bridgehead atoms. The molecule has 4 nitrogen and oxygen atoms in total. The van der Waals surface area contributed by atoms with Crippen LogP contribution >= 0.6 is 0 Å². The fourth-order valence-electron chi connectivity index (χ4n) is 2.89. The zero-order chi connectivity index (χ0) is 15.5. The number of nitrogens with two attached hydrogens (primary N) is 1. The first-order valence-electron chi connectivity index (χ1n) is 7.26. The lowest BCUT2D eigenvalue weighted by Crippen LogP contribution is -2.13. The summed E-state index contributed by atoms with van der Waals surface area (Å²) in [6.45, 7) is 0.525. The molecule has 1 atom stereocenters. The summed E-state index contributed by atoms with van der Waals surface area (Å²) >= 11 is 0. The molecule has 114 valence electrons. The van der Waals surface area contributed by atoms with E-state index in [-0.39, 0.29) is 5.92 Å². The molecule has 0 amide bonds. The molecule has 3 rings (SSSR count). The van der Waals surface area contributed by atoms with Crippen LogP contribution < -0.4 is 15.2 Å². The summed E-state index contributed by atoms with van der Waals surface area (Å²) in [6, 6.07) is 14.2. The van der Waals surface area contributed by atoms with Gasteiger partial charge < -0.3 is 20.2 Å². The Hall–Kier alpha value is -2.46. The Morgan fingerprint density at radius 1 is 1.05 bits per heavy atom. The Bertz CT molecular complexity index is 780. The second kappa shape index (κ2) is 6.12. The number of ether oxygens (including phenoxy) is 2. The van der Waals surface area contributed by atoms with Crippen molar-refractivity contribution in [2.75, 3.05) is 20.8 Å². The Kier molecular flexibility index (Phi) is 4.02. The van der Waals surface area contributed by atoms with Crippen LogP contribution in [0.15, 0.2) is 48.7 Å². The summed E-state index contributed by atoms with van der Waals surface area (Å²) in [5, 5.41) is 1.20. The van der Waals surface area contributed by atoms with Gasteiger partial charge in [0.05, 0.1) is 14.2 Å². The summed E-state index contributed by atoms with van der Waals surface area (Å²) in [7, 11) is 3.28. The minimum Gasteiger partial charge on any atom is -0.493 e. The van der Waals surface area contributed by atoms with Crippen LogP contribution in [-0.2, 0) is 0 Å². The van der Waals surface area contributed by atoms with E-state index in [4.69, 9.17) is 15.2 Å². The molecule has 0 saturated heterocycles. The van der Waals surface area contributed by atoms with Crippen molar-refractivity contribution in [3.63, 3.8) is 0 Å². The molecule has 0 fully saturated rings. The largest absolute Gasteiger partial charge is 0.493 e. The third kappa shape index (κ3) is 2.42. The van der Waals surface area contributed by atoms with E-state index in [1.54, 1.807) is 14.2 Å². The van der Waals surface area contributed by atoms with Gasteiger partial charge in [-0.05, 0) is 29.3 Å². The maximum absolute atomic E-state index is 6.06. The number of hydrogen-bond acceptors (Lipinski definition) is 3. The van der Waals surface area contributed by atoms with Crippen molar-refractivity contribution < 1.29 is 9.47 Å². The van der Waals surface area contributed by atoms with E-state index < -0.39 is 0 Å². The lowest BCUT2D eigenvalue weighted by Gasteiger charge is -2.17. The van der Waals surface area contributed by atoms with E-state index in [1.165, 1.54) is 10.9 Å². The highest BCUT2D eigenvalue weighted by molar-refractivity contribution is 5.84. The number of methoxy groups -OCH3 is 2. The highest BCUT2D eigenvalue weighted by Crippen LogP contribution is 2.35. The summed E-state index contributed by atoms with van der Waals surface area (Å²) in [4.78, 5) is 3.31. The second-order valence-corrected chi connectivity index (χ2v) is 5.19. The maximum Gasteiger partial charge on any atom is 0.161 e. The van der Waals surface area contributed by atoms with Gasteiger partial charge in [0, 0.05) is 29.6 Å². The van der Waals surface area contributed by atoms with Crippen molar-refractivity contribution >= 4 is 10.9 Å². The van der Waals surface area contributed by atoms with Gasteiger partial charge in [-0.2, -0.15) is 0 Å². The number of para-hydroxylation sites is 1. The summed E-state index contributed by atoms with van der Waals surface area (Å²) < 4.78 is 10.7. The molecule has 0 aliphatic carbocycles. The fraction of sp³-hybridized carbons (Fsp3) is 0.222. The van der Waals surface area contributed by atoms with Crippen LogP contribution in [-0.4, -0.2) is 25.7 Å². The number of nitrogens with one attached hydrogen (secondary N) is 1. The van der Waals surface area contributed by atoms with Crippen LogP contribution in [0.25, 0.3) is 10.9 Å². The Labute approximate surface area is 129 Å². The zero-order valence-corrected chi connectivity index (χ0v) is 12.8. The molecule has 0 radical (unpaired) electrons. The van der Waals surface area contributed by atoms with Crippen molar-refractivity contribution in [1.82, 2.24) is 4.98 Å². The fourth-order valence-corrected chi connectivity index (χ4v) is 2.89. The van der Waals surface area contributed by atoms with Gasteiger partial charge in [0.1, 0.15) is 0 Å². The molecular weight excluding hydrogens is 276 g/mol. The molecule has 1 heterocycles. The highest BCUT2D eigenvalue weighted by Gasteiger charge is 2.18. The van der Waals surface area contributed by atoms with Crippen LogP contribution in [0.5, 0.6) is 11.5 Å². The minimum atomic E-state index is 0.107. The first-order chi connectivity index (χ1) is 10.8. The van der Waals surface area contributed by atoms with Gasteiger partial charge in [-0.1, -0.05) is 24.3 Å². The number of benzene rings is 2.